The minimum Gasteiger partial charge on any atom is -0.302 e. The van der Waals surface area contributed by atoms with E-state index in [4.69, 9.17) is 0 Å². The van der Waals surface area contributed by atoms with Gasteiger partial charge in [0.1, 0.15) is 5.78 Å². The van der Waals surface area contributed by atoms with Gasteiger partial charge >= 0.3 is 0 Å². The van der Waals surface area contributed by atoms with Gasteiger partial charge in [0.2, 0.25) is 5.91 Å². The molecule has 0 rings (SSSR count). The summed E-state index contributed by atoms with van der Waals surface area (Å²) in [4.78, 5) is 25.4. The average molecular weight is 198 g/mol. The molecule has 1 N–H and O–H groups in total. The third kappa shape index (κ3) is 5.59. The fraction of sp³-hybridized carbons (Fsp3) is 0.700. The maximum absolute atomic E-state index is 11.2. The number of rotatable bonds is 4. The highest BCUT2D eigenvalue weighted by Gasteiger charge is 2.22. The monoisotopic (exact) mass is 198 g/mol. The minimum absolute atomic E-state index is 0.0584. The highest BCUT2D eigenvalue weighted by molar-refractivity contribution is 5.89. The van der Waals surface area contributed by atoms with Crippen molar-refractivity contribution in [3.63, 3.8) is 0 Å². The molecular formula is C10H18N2O2. The number of aliphatic imine (C=N–C) groups is 1. The van der Waals surface area contributed by atoms with Crippen LogP contribution in [0, 0.1) is 0 Å². The lowest BCUT2D eigenvalue weighted by molar-refractivity contribution is -0.124. The molecule has 14 heavy (non-hydrogen) atoms. The summed E-state index contributed by atoms with van der Waals surface area (Å²) in [5.41, 5.74) is -0.197. The second-order valence-corrected chi connectivity index (χ2v) is 4.31. The lowest BCUT2D eigenvalue weighted by atomic mass is 10.0. The molecule has 4 heteroatoms. The van der Waals surface area contributed by atoms with Crippen molar-refractivity contribution in [2.45, 2.75) is 45.7 Å². The fourth-order valence-electron chi connectivity index (χ4n) is 1.06. The summed E-state index contributed by atoms with van der Waals surface area (Å²) in [5, 5.41) is 3.06. The van der Waals surface area contributed by atoms with Crippen LogP contribution in [0.15, 0.2) is 4.99 Å². The molecule has 80 valence electrons. The molecule has 1 amide bonds. The summed E-state index contributed by atoms with van der Waals surface area (Å²) in [7, 11) is 0. The smallest absolute Gasteiger partial charge is 0.247 e. The third-order valence-corrected chi connectivity index (χ3v) is 1.65. The number of carbonyl (C=O) groups is 2. The largest absolute Gasteiger partial charge is 0.302 e. The number of nitrogens with one attached hydrogen (secondary N) is 1. The second kappa shape index (κ2) is 5.00. The number of hydrogen-bond donors (Lipinski definition) is 1. The molecule has 4 nitrogen and oxygen atoms in total. The van der Waals surface area contributed by atoms with Crippen LogP contribution in [0.3, 0.4) is 0 Å². The minimum atomic E-state index is -0.465. The van der Waals surface area contributed by atoms with E-state index in [-0.39, 0.29) is 23.7 Å². The molecule has 0 fully saturated rings. The van der Waals surface area contributed by atoms with Crippen LogP contribution in [-0.4, -0.2) is 30.0 Å². The molecule has 0 aliphatic heterocycles. The van der Waals surface area contributed by atoms with Crippen molar-refractivity contribution in [2.24, 2.45) is 4.99 Å². The van der Waals surface area contributed by atoms with Crippen molar-refractivity contribution in [3.8, 4) is 0 Å². The zero-order valence-electron chi connectivity index (χ0n) is 9.26. The summed E-state index contributed by atoms with van der Waals surface area (Å²) in [5.74, 6) is -0.418. The van der Waals surface area contributed by atoms with Crippen LogP contribution >= 0.6 is 0 Å². The SMILES string of the molecule is C=NC(=O)CC(NC(C)(C)C)C(C)=O. The normalized spacial score (nSPS) is 13.4. The molecular weight excluding hydrogens is 180 g/mol. The number of amides is 1. The topological polar surface area (TPSA) is 58.5 Å². The quantitative estimate of drug-likeness (QED) is 0.684. The molecule has 0 bridgehead atoms. The van der Waals surface area contributed by atoms with E-state index < -0.39 is 6.04 Å². The van der Waals surface area contributed by atoms with E-state index in [1.807, 2.05) is 20.8 Å². The van der Waals surface area contributed by atoms with Crippen LogP contribution in [0.2, 0.25) is 0 Å². The Labute approximate surface area is 84.8 Å². The number of nitrogens with zero attached hydrogens (tertiary/aromatic N) is 1. The molecule has 0 spiro atoms. The Morgan fingerprint density at radius 2 is 1.93 bits per heavy atom. The van der Waals surface area contributed by atoms with E-state index in [1.165, 1.54) is 6.92 Å². The van der Waals surface area contributed by atoms with Crippen LogP contribution in [0.1, 0.15) is 34.1 Å². The molecule has 0 heterocycles. The van der Waals surface area contributed by atoms with Gasteiger partial charge in [-0.25, -0.2) is 4.99 Å². The Hall–Kier alpha value is -1.03. The third-order valence-electron chi connectivity index (χ3n) is 1.65. The highest BCUT2D eigenvalue weighted by Crippen LogP contribution is 2.05. The Morgan fingerprint density at radius 3 is 2.21 bits per heavy atom. The molecule has 0 aliphatic rings. The molecule has 0 aromatic heterocycles. The van der Waals surface area contributed by atoms with Crippen LogP contribution in [0.4, 0.5) is 0 Å². The molecule has 0 saturated heterocycles. The van der Waals surface area contributed by atoms with Crippen molar-refractivity contribution in [3.05, 3.63) is 0 Å². The summed E-state index contributed by atoms with van der Waals surface area (Å²) in [6, 6.07) is -0.465. The molecule has 0 radical (unpaired) electrons. The predicted octanol–water partition coefficient (Wildman–Crippen LogP) is 0.949. The zero-order chi connectivity index (χ0) is 11.4. The van der Waals surface area contributed by atoms with E-state index in [0.29, 0.717) is 0 Å². The molecule has 0 aliphatic carbocycles. The lowest BCUT2D eigenvalue weighted by Crippen LogP contribution is -2.47. The highest BCUT2D eigenvalue weighted by atomic mass is 16.1. The zero-order valence-corrected chi connectivity index (χ0v) is 9.26. The summed E-state index contributed by atoms with van der Waals surface area (Å²) in [6.45, 7) is 10.4. The fourth-order valence-corrected chi connectivity index (χ4v) is 1.06. The Kier molecular flexibility index (Phi) is 4.63. The van der Waals surface area contributed by atoms with Gasteiger partial charge in [-0.1, -0.05) is 0 Å². The van der Waals surface area contributed by atoms with Gasteiger partial charge in [-0.2, -0.15) is 0 Å². The van der Waals surface area contributed by atoms with Crippen molar-refractivity contribution >= 4 is 18.4 Å². The first-order chi connectivity index (χ1) is 6.26. The van der Waals surface area contributed by atoms with Gasteiger partial charge in [0.15, 0.2) is 0 Å². The van der Waals surface area contributed by atoms with E-state index in [1.54, 1.807) is 0 Å². The maximum atomic E-state index is 11.2. The van der Waals surface area contributed by atoms with Crippen LogP contribution in [-0.2, 0) is 9.59 Å². The van der Waals surface area contributed by atoms with Gasteiger partial charge < -0.3 is 5.32 Å². The van der Waals surface area contributed by atoms with Gasteiger partial charge in [-0.05, 0) is 34.4 Å². The van der Waals surface area contributed by atoms with Crippen molar-refractivity contribution in [1.82, 2.24) is 5.32 Å². The molecule has 1 atom stereocenters. The summed E-state index contributed by atoms with van der Waals surface area (Å²) in [6.07, 6.45) is 0.0795. The number of ketones is 1. The Bertz CT molecular complexity index is 241. The first-order valence-corrected chi connectivity index (χ1v) is 4.54. The van der Waals surface area contributed by atoms with E-state index in [9.17, 15) is 9.59 Å². The summed E-state index contributed by atoms with van der Waals surface area (Å²) >= 11 is 0. The number of hydrogen-bond acceptors (Lipinski definition) is 3. The first kappa shape index (κ1) is 13.0. The van der Waals surface area contributed by atoms with E-state index in [0.717, 1.165) is 0 Å². The standard InChI is InChI=1S/C10H18N2O2/c1-7(13)8(6-9(14)11-5)12-10(2,3)4/h8,12H,5-6H2,1-4H3. The van der Waals surface area contributed by atoms with E-state index in [2.05, 4.69) is 17.0 Å². The van der Waals surface area contributed by atoms with Gasteiger partial charge in [0.05, 0.1) is 12.5 Å². The lowest BCUT2D eigenvalue weighted by Gasteiger charge is -2.26. The summed E-state index contributed by atoms with van der Waals surface area (Å²) < 4.78 is 0. The predicted molar refractivity (Wildman–Crippen MR) is 56.5 cm³/mol. The van der Waals surface area contributed by atoms with Crippen LogP contribution in [0.25, 0.3) is 0 Å². The van der Waals surface area contributed by atoms with Gasteiger partial charge in [0.25, 0.3) is 0 Å². The Balaban J connectivity index is 4.38. The number of carbonyl (C=O) groups excluding carboxylic acids is 2. The Morgan fingerprint density at radius 1 is 1.43 bits per heavy atom. The second-order valence-electron chi connectivity index (χ2n) is 4.31. The average Bonchev–Trinajstić information content (AvgIpc) is 2.00. The van der Waals surface area contributed by atoms with E-state index >= 15 is 0 Å². The van der Waals surface area contributed by atoms with Crippen molar-refractivity contribution in [1.29, 1.82) is 0 Å². The maximum Gasteiger partial charge on any atom is 0.247 e. The van der Waals surface area contributed by atoms with Gasteiger partial charge in [-0.15, -0.1) is 0 Å². The van der Waals surface area contributed by atoms with Gasteiger partial charge in [0, 0.05) is 5.54 Å². The molecule has 0 saturated carbocycles. The van der Waals surface area contributed by atoms with Crippen LogP contribution in [0.5, 0.6) is 0 Å². The molecule has 0 aromatic rings. The molecule has 1 unspecified atom stereocenters. The molecule has 0 aromatic carbocycles. The number of Topliss-reactive ketones (excluding diaryl/α,β-unsaturated/α-hetero) is 1. The first-order valence-electron chi connectivity index (χ1n) is 4.54. The van der Waals surface area contributed by atoms with Crippen molar-refractivity contribution < 1.29 is 9.59 Å². The van der Waals surface area contributed by atoms with Gasteiger partial charge in [-0.3, -0.25) is 9.59 Å². The van der Waals surface area contributed by atoms with Crippen LogP contribution < -0.4 is 5.32 Å². The van der Waals surface area contributed by atoms with Crippen molar-refractivity contribution in [2.75, 3.05) is 0 Å².